The first-order valence-corrected chi connectivity index (χ1v) is 10.1. The van der Waals surface area contributed by atoms with Crippen LogP contribution in [0.15, 0.2) is 36.4 Å². The largest absolute Gasteiger partial charge is 0.439 e. The minimum absolute atomic E-state index is 0.104. The maximum atomic E-state index is 11.6. The first kappa shape index (κ1) is 19.1. The van der Waals surface area contributed by atoms with Gasteiger partial charge in [-0.2, -0.15) is 10.2 Å². The lowest BCUT2D eigenvalue weighted by Gasteiger charge is -2.28. The number of aromatic nitrogens is 1. The molecule has 0 atom stereocenters. The molecule has 0 spiro atoms. The summed E-state index contributed by atoms with van der Waals surface area (Å²) in [7, 11) is -1.94. The van der Waals surface area contributed by atoms with Crippen molar-refractivity contribution in [2.24, 2.45) is 0 Å². The molecule has 0 unspecified atom stereocenters. The van der Waals surface area contributed by atoms with Gasteiger partial charge in [0.1, 0.15) is 11.6 Å². The van der Waals surface area contributed by atoms with Crippen LogP contribution in [0.4, 0.5) is 5.82 Å². The van der Waals surface area contributed by atoms with E-state index < -0.39 is 10.0 Å². The number of anilines is 1. The summed E-state index contributed by atoms with van der Waals surface area (Å²) in [6, 6.07) is 12.1. The van der Waals surface area contributed by atoms with E-state index in [9.17, 15) is 13.7 Å². The minimum atomic E-state index is -3.33. The molecule has 0 saturated carbocycles. The number of nitrogens with zero attached hydrogens (tertiary/aromatic N) is 3. The van der Waals surface area contributed by atoms with Crippen LogP contribution in [0.2, 0.25) is 0 Å². The molecule has 27 heavy (non-hydrogen) atoms. The number of morpholine rings is 1. The van der Waals surface area contributed by atoms with E-state index >= 15 is 0 Å². The molecule has 0 amide bonds. The van der Waals surface area contributed by atoms with Crippen LogP contribution >= 0.6 is 0 Å². The van der Waals surface area contributed by atoms with Gasteiger partial charge in [-0.3, -0.25) is 0 Å². The molecule has 0 aliphatic carbocycles. The number of nitrogens with one attached hydrogen (secondary N) is 1. The molecule has 142 valence electrons. The molecule has 3 rings (SSSR count). The van der Waals surface area contributed by atoms with Crippen molar-refractivity contribution in [3.05, 3.63) is 47.5 Å². The highest BCUT2D eigenvalue weighted by molar-refractivity contribution is 7.88. The highest BCUT2D eigenvalue weighted by Crippen LogP contribution is 2.25. The number of benzene rings is 1. The number of ether oxygens (including phenoxy) is 2. The van der Waals surface area contributed by atoms with Gasteiger partial charge in [-0.1, -0.05) is 12.1 Å². The summed E-state index contributed by atoms with van der Waals surface area (Å²) in [5.74, 6) is 1.39. The lowest BCUT2D eigenvalue weighted by molar-refractivity contribution is 0.122. The molecule has 1 saturated heterocycles. The fraction of sp³-hybridized carbons (Fsp3) is 0.333. The van der Waals surface area contributed by atoms with Gasteiger partial charge in [0.25, 0.3) is 0 Å². The minimum Gasteiger partial charge on any atom is -0.439 e. The monoisotopic (exact) mass is 388 g/mol. The van der Waals surface area contributed by atoms with Crippen LogP contribution in [0, 0.1) is 11.3 Å². The van der Waals surface area contributed by atoms with E-state index in [1.165, 1.54) is 7.05 Å². The molecule has 1 aromatic heterocycles. The fourth-order valence-corrected chi connectivity index (χ4v) is 3.40. The summed E-state index contributed by atoms with van der Waals surface area (Å²) in [6.07, 6.45) is 0. The van der Waals surface area contributed by atoms with Crippen molar-refractivity contribution in [2.75, 3.05) is 38.3 Å². The van der Waals surface area contributed by atoms with Crippen molar-refractivity contribution in [1.29, 1.82) is 5.26 Å². The topological polar surface area (TPSA) is 105 Å². The molecule has 2 aromatic rings. The van der Waals surface area contributed by atoms with Crippen molar-refractivity contribution in [2.45, 2.75) is 5.75 Å². The van der Waals surface area contributed by atoms with Crippen LogP contribution in [0.3, 0.4) is 0 Å². The summed E-state index contributed by atoms with van der Waals surface area (Å²) in [4.78, 5) is 6.53. The Hall–Kier alpha value is -2.67. The highest BCUT2D eigenvalue weighted by Gasteiger charge is 2.15. The van der Waals surface area contributed by atoms with Gasteiger partial charge < -0.3 is 14.4 Å². The number of rotatable bonds is 6. The van der Waals surface area contributed by atoms with E-state index in [-0.39, 0.29) is 5.75 Å². The normalized spacial score (nSPS) is 14.6. The molecule has 1 N–H and O–H groups in total. The van der Waals surface area contributed by atoms with Crippen LogP contribution in [-0.4, -0.2) is 46.8 Å². The first-order valence-electron chi connectivity index (χ1n) is 8.42. The second-order valence-corrected chi connectivity index (χ2v) is 7.90. The molecule has 1 aliphatic heterocycles. The third-order valence-electron chi connectivity index (χ3n) is 4.07. The smallest absolute Gasteiger partial charge is 0.222 e. The molecule has 0 bridgehead atoms. The molecule has 1 fully saturated rings. The lowest BCUT2D eigenvalue weighted by Crippen LogP contribution is -2.36. The lowest BCUT2D eigenvalue weighted by atomic mass is 10.2. The van der Waals surface area contributed by atoms with Gasteiger partial charge in [0.15, 0.2) is 0 Å². The third-order valence-corrected chi connectivity index (χ3v) is 5.40. The van der Waals surface area contributed by atoms with E-state index in [2.05, 4.69) is 15.8 Å². The van der Waals surface area contributed by atoms with Crippen LogP contribution < -0.4 is 14.4 Å². The summed E-state index contributed by atoms with van der Waals surface area (Å²) in [6.45, 7) is 2.64. The van der Waals surface area contributed by atoms with Gasteiger partial charge >= 0.3 is 0 Å². The quantitative estimate of drug-likeness (QED) is 0.802. The molecular weight excluding hydrogens is 368 g/mol. The number of hydrogen-bond donors (Lipinski definition) is 1. The van der Waals surface area contributed by atoms with Crippen molar-refractivity contribution in [3.63, 3.8) is 0 Å². The number of sulfonamides is 1. The van der Waals surface area contributed by atoms with Gasteiger partial charge in [0, 0.05) is 19.2 Å². The van der Waals surface area contributed by atoms with Crippen molar-refractivity contribution in [1.82, 2.24) is 9.71 Å². The summed E-state index contributed by atoms with van der Waals surface area (Å²) in [5, 5.41) is 9.28. The number of nitriles is 1. The Morgan fingerprint density at radius 2 is 1.96 bits per heavy atom. The summed E-state index contributed by atoms with van der Waals surface area (Å²) in [5.41, 5.74) is 1.10. The zero-order chi connectivity index (χ0) is 19.3. The molecule has 2 heterocycles. The zero-order valence-electron chi connectivity index (χ0n) is 14.9. The van der Waals surface area contributed by atoms with Crippen molar-refractivity contribution >= 4 is 15.8 Å². The highest BCUT2D eigenvalue weighted by atomic mass is 32.2. The summed E-state index contributed by atoms with van der Waals surface area (Å²) >= 11 is 0. The first-order chi connectivity index (χ1) is 13.0. The molecule has 0 radical (unpaired) electrons. The van der Waals surface area contributed by atoms with Crippen LogP contribution in [0.1, 0.15) is 11.1 Å². The van der Waals surface area contributed by atoms with Gasteiger partial charge in [-0.15, -0.1) is 0 Å². The van der Waals surface area contributed by atoms with Gasteiger partial charge in [-0.25, -0.2) is 13.1 Å². The SMILES string of the molecule is CNS(=O)(=O)Cc1ccc(Oc2cc(C#N)cc(N3CCOCC3)n2)cc1. The van der Waals surface area contributed by atoms with E-state index in [0.717, 1.165) is 0 Å². The molecule has 8 nitrogen and oxygen atoms in total. The maximum absolute atomic E-state index is 11.6. The third kappa shape index (κ3) is 5.17. The Morgan fingerprint density at radius 3 is 2.59 bits per heavy atom. The van der Waals surface area contributed by atoms with Crippen molar-refractivity contribution in [3.8, 4) is 17.7 Å². The second kappa shape index (κ2) is 8.35. The van der Waals surface area contributed by atoms with Gasteiger partial charge in [0.05, 0.1) is 30.6 Å². The van der Waals surface area contributed by atoms with Crippen LogP contribution in [-0.2, 0) is 20.5 Å². The molecule has 1 aromatic carbocycles. The van der Waals surface area contributed by atoms with Crippen molar-refractivity contribution < 1.29 is 17.9 Å². The average Bonchev–Trinajstić information content (AvgIpc) is 2.69. The molecular formula is C18H20N4O4S. The number of pyridine rings is 1. The molecule has 1 aliphatic rings. The molecule has 9 heteroatoms. The average molecular weight is 388 g/mol. The Bertz CT molecular complexity index is 933. The standard InChI is InChI=1S/C18H20N4O4S/c1-20-27(23,24)13-14-2-4-16(5-3-14)26-18-11-15(12-19)10-17(21-18)22-6-8-25-9-7-22/h2-5,10-11,20H,6-9,13H2,1H3. The second-order valence-electron chi connectivity index (χ2n) is 5.97. The van der Waals surface area contributed by atoms with E-state index in [1.807, 2.05) is 4.90 Å². The van der Waals surface area contributed by atoms with E-state index in [1.54, 1.807) is 36.4 Å². The van der Waals surface area contributed by atoms with Gasteiger partial charge in [0.2, 0.25) is 15.9 Å². The van der Waals surface area contributed by atoms with E-state index in [4.69, 9.17) is 9.47 Å². The summed E-state index contributed by atoms with van der Waals surface area (Å²) < 4.78 is 36.6. The van der Waals surface area contributed by atoms with Crippen LogP contribution in [0.25, 0.3) is 0 Å². The maximum Gasteiger partial charge on any atom is 0.222 e. The fourth-order valence-electron chi connectivity index (χ4n) is 2.63. The Labute approximate surface area is 158 Å². The zero-order valence-corrected chi connectivity index (χ0v) is 15.7. The van der Waals surface area contributed by atoms with Crippen LogP contribution in [0.5, 0.6) is 11.6 Å². The Balaban J connectivity index is 1.77. The predicted molar refractivity (Wildman–Crippen MR) is 100 cm³/mol. The van der Waals surface area contributed by atoms with Gasteiger partial charge in [-0.05, 0) is 30.8 Å². The predicted octanol–water partition coefficient (Wildman–Crippen LogP) is 1.63. The number of hydrogen-bond acceptors (Lipinski definition) is 7. The van der Waals surface area contributed by atoms with E-state index in [0.29, 0.717) is 54.9 Å². The Kier molecular flexibility index (Phi) is 5.91. The Morgan fingerprint density at radius 1 is 1.26 bits per heavy atom.